The van der Waals surface area contributed by atoms with Crippen molar-refractivity contribution in [2.45, 2.75) is 44.8 Å². The van der Waals surface area contributed by atoms with Crippen LogP contribution >= 0.6 is 11.6 Å². The van der Waals surface area contributed by atoms with Crippen molar-refractivity contribution in [2.75, 3.05) is 13.2 Å². The molecular formula is C16H21ClO3. The van der Waals surface area contributed by atoms with E-state index in [-0.39, 0.29) is 12.2 Å². The van der Waals surface area contributed by atoms with Crippen molar-refractivity contribution >= 4 is 16.8 Å². The molecule has 0 unspecified atom stereocenters. The Balaban J connectivity index is 1.82. The molecule has 1 aromatic rings. The van der Waals surface area contributed by atoms with Crippen molar-refractivity contribution in [1.82, 2.24) is 0 Å². The standard InChI is InChI=1S/C16H21ClO3/c1-2-3-4-5-14-10-20-15(11-19-14)12-6-8-13(9-7-12)16(17)18/h6-9,14-15H,2-5,10-11H2,1H3/t14-,15-/m1/s1. The van der Waals surface area contributed by atoms with Gasteiger partial charge in [0.1, 0.15) is 6.10 Å². The molecule has 2 rings (SSSR count). The highest BCUT2D eigenvalue weighted by molar-refractivity contribution is 6.67. The number of rotatable bonds is 6. The van der Waals surface area contributed by atoms with Crippen molar-refractivity contribution in [3.8, 4) is 0 Å². The van der Waals surface area contributed by atoms with E-state index < -0.39 is 5.24 Å². The zero-order valence-corrected chi connectivity index (χ0v) is 12.6. The molecule has 0 radical (unpaired) electrons. The quantitative estimate of drug-likeness (QED) is 0.585. The fourth-order valence-electron chi connectivity index (χ4n) is 2.35. The van der Waals surface area contributed by atoms with Gasteiger partial charge in [-0.15, -0.1) is 0 Å². The highest BCUT2D eigenvalue weighted by Crippen LogP contribution is 2.25. The first kappa shape index (κ1) is 15.5. The lowest BCUT2D eigenvalue weighted by molar-refractivity contribution is -0.137. The smallest absolute Gasteiger partial charge is 0.252 e. The molecule has 2 atom stereocenters. The van der Waals surface area contributed by atoms with Gasteiger partial charge in [0.15, 0.2) is 0 Å². The first-order valence-corrected chi connectivity index (χ1v) is 7.61. The molecule has 4 heteroatoms. The van der Waals surface area contributed by atoms with Crippen molar-refractivity contribution in [2.24, 2.45) is 0 Å². The van der Waals surface area contributed by atoms with Gasteiger partial charge in [0, 0.05) is 5.56 Å². The van der Waals surface area contributed by atoms with Crippen LogP contribution in [-0.2, 0) is 9.47 Å². The van der Waals surface area contributed by atoms with Gasteiger partial charge in [0.05, 0.1) is 19.3 Å². The Bertz CT molecular complexity index is 422. The van der Waals surface area contributed by atoms with Crippen LogP contribution < -0.4 is 0 Å². The van der Waals surface area contributed by atoms with Gasteiger partial charge in [-0.25, -0.2) is 0 Å². The van der Waals surface area contributed by atoms with Gasteiger partial charge >= 0.3 is 0 Å². The fourth-order valence-corrected chi connectivity index (χ4v) is 2.48. The van der Waals surface area contributed by atoms with Crippen molar-refractivity contribution in [1.29, 1.82) is 0 Å². The Morgan fingerprint density at radius 1 is 1.20 bits per heavy atom. The molecule has 0 amide bonds. The Morgan fingerprint density at radius 3 is 2.50 bits per heavy atom. The highest BCUT2D eigenvalue weighted by Gasteiger charge is 2.23. The van der Waals surface area contributed by atoms with Gasteiger partial charge in [-0.1, -0.05) is 38.3 Å². The summed E-state index contributed by atoms with van der Waals surface area (Å²) in [5, 5.41) is -0.437. The van der Waals surface area contributed by atoms with Crippen LogP contribution in [0.3, 0.4) is 0 Å². The molecule has 0 N–H and O–H groups in total. The molecule has 1 saturated heterocycles. The number of ether oxygens (including phenoxy) is 2. The summed E-state index contributed by atoms with van der Waals surface area (Å²) in [6.45, 7) is 3.42. The maximum Gasteiger partial charge on any atom is 0.252 e. The van der Waals surface area contributed by atoms with E-state index in [1.807, 2.05) is 12.1 Å². The SMILES string of the molecule is CCCCC[C@@H]1CO[C@@H](c2ccc(C(=O)Cl)cc2)CO1. The fraction of sp³-hybridized carbons (Fsp3) is 0.562. The second kappa shape index (κ2) is 7.77. The van der Waals surface area contributed by atoms with Gasteiger partial charge in [-0.2, -0.15) is 0 Å². The maximum atomic E-state index is 11.0. The summed E-state index contributed by atoms with van der Waals surface area (Å²) < 4.78 is 11.7. The van der Waals surface area contributed by atoms with Crippen LogP contribution in [0.4, 0.5) is 0 Å². The molecule has 0 saturated carbocycles. The van der Waals surface area contributed by atoms with E-state index in [0.29, 0.717) is 18.8 Å². The number of unbranched alkanes of at least 4 members (excludes halogenated alkanes) is 2. The van der Waals surface area contributed by atoms with Crippen LogP contribution in [-0.4, -0.2) is 24.6 Å². The van der Waals surface area contributed by atoms with E-state index in [4.69, 9.17) is 21.1 Å². The number of hydrogen-bond donors (Lipinski definition) is 0. The monoisotopic (exact) mass is 296 g/mol. The van der Waals surface area contributed by atoms with Crippen molar-refractivity contribution in [3.63, 3.8) is 0 Å². The molecule has 110 valence electrons. The topological polar surface area (TPSA) is 35.5 Å². The van der Waals surface area contributed by atoms with E-state index in [2.05, 4.69) is 6.92 Å². The van der Waals surface area contributed by atoms with E-state index in [1.165, 1.54) is 19.3 Å². The lowest BCUT2D eigenvalue weighted by Crippen LogP contribution is -2.31. The van der Waals surface area contributed by atoms with Gasteiger partial charge in [0.2, 0.25) is 0 Å². The summed E-state index contributed by atoms with van der Waals surface area (Å²) in [5.74, 6) is 0. The largest absolute Gasteiger partial charge is 0.373 e. The van der Waals surface area contributed by atoms with Crippen LogP contribution in [0.1, 0.15) is 54.6 Å². The van der Waals surface area contributed by atoms with Crippen molar-refractivity contribution in [3.05, 3.63) is 35.4 Å². The van der Waals surface area contributed by atoms with Crippen LogP contribution in [0.15, 0.2) is 24.3 Å². The number of carbonyl (C=O) groups is 1. The van der Waals surface area contributed by atoms with E-state index >= 15 is 0 Å². The first-order chi connectivity index (χ1) is 9.70. The van der Waals surface area contributed by atoms with E-state index in [0.717, 1.165) is 12.0 Å². The third-order valence-corrected chi connectivity index (χ3v) is 3.82. The van der Waals surface area contributed by atoms with Gasteiger partial charge in [0.25, 0.3) is 5.24 Å². The molecule has 1 fully saturated rings. The van der Waals surface area contributed by atoms with Gasteiger partial charge in [-0.3, -0.25) is 4.79 Å². The maximum absolute atomic E-state index is 11.0. The molecule has 0 spiro atoms. The molecule has 0 bridgehead atoms. The summed E-state index contributed by atoms with van der Waals surface area (Å²) in [4.78, 5) is 11.0. The molecule has 1 aromatic carbocycles. The minimum Gasteiger partial charge on any atom is -0.373 e. The Morgan fingerprint density at radius 2 is 1.95 bits per heavy atom. The first-order valence-electron chi connectivity index (χ1n) is 7.23. The predicted molar refractivity (Wildman–Crippen MR) is 79.2 cm³/mol. The zero-order chi connectivity index (χ0) is 14.4. The Kier molecular flexibility index (Phi) is 6.02. The third-order valence-electron chi connectivity index (χ3n) is 3.61. The van der Waals surface area contributed by atoms with Crippen LogP contribution in [0.5, 0.6) is 0 Å². The Hall–Kier alpha value is -0.900. The highest BCUT2D eigenvalue weighted by atomic mass is 35.5. The summed E-state index contributed by atoms with van der Waals surface area (Å²) in [7, 11) is 0. The minimum atomic E-state index is -0.437. The zero-order valence-electron chi connectivity index (χ0n) is 11.8. The van der Waals surface area contributed by atoms with Gasteiger partial charge < -0.3 is 9.47 Å². The predicted octanol–water partition coefficient (Wildman–Crippen LogP) is 4.10. The van der Waals surface area contributed by atoms with E-state index in [9.17, 15) is 4.79 Å². The van der Waals surface area contributed by atoms with E-state index in [1.54, 1.807) is 12.1 Å². The van der Waals surface area contributed by atoms with Crippen LogP contribution in [0.25, 0.3) is 0 Å². The van der Waals surface area contributed by atoms with Gasteiger partial charge in [-0.05, 0) is 35.7 Å². The molecular weight excluding hydrogens is 276 g/mol. The summed E-state index contributed by atoms with van der Waals surface area (Å²) in [6, 6.07) is 7.20. The minimum absolute atomic E-state index is 0.0445. The molecule has 1 aliphatic heterocycles. The third kappa shape index (κ3) is 4.30. The lowest BCUT2D eigenvalue weighted by Gasteiger charge is -2.30. The Labute approximate surface area is 125 Å². The average Bonchev–Trinajstić information content (AvgIpc) is 2.48. The van der Waals surface area contributed by atoms with Crippen LogP contribution in [0, 0.1) is 0 Å². The summed E-state index contributed by atoms with van der Waals surface area (Å²) in [5.41, 5.74) is 1.53. The molecule has 3 nitrogen and oxygen atoms in total. The lowest BCUT2D eigenvalue weighted by atomic mass is 10.1. The number of benzene rings is 1. The number of halogens is 1. The second-order valence-corrected chi connectivity index (χ2v) is 5.51. The van der Waals surface area contributed by atoms with Crippen LogP contribution in [0.2, 0.25) is 0 Å². The average molecular weight is 297 g/mol. The molecule has 1 aliphatic rings. The summed E-state index contributed by atoms with van der Waals surface area (Å²) >= 11 is 5.43. The normalized spacial score (nSPS) is 22.7. The molecule has 0 aliphatic carbocycles. The molecule has 0 aromatic heterocycles. The number of carbonyl (C=O) groups excluding carboxylic acids is 1. The number of hydrogen-bond acceptors (Lipinski definition) is 3. The van der Waals surface area contributed by atoms with Crippen molar-refractivity contribution < 1.29 is 14.3 Å². The summed E-state index contributed by atoms with van der Waals surface area (Å²) in [6.07, 6.45) is 4.92. The molecule has 20 heavy (non-hydrogen) atoms. The second-order valence-electron chi connectivity index (χ2n) is 5.17. The molecule has 1 heterocycles.